The molecule has 0 atom stereocenters. The average molecular weight is 355 g/mol. The van der Waals surface area contributed by atoms with E-state index in [9.17, 15) is 4.79 Å². The molecule has 0 spiro atoms. The Balaban J connectivity index is 3.08. The molecule has 0 aliphatic rings. The molecule has 1 aromatic carbocycles. The normalized spacial score (nSPS) is 10.1. The van der Waals surface area contributed by atoms with Crippen molar-refractivity contribution in [2.75, 3.05) is 0 Å². The highest BCUT2D eigenvalue weighted by Crippen LogP contribution is 2.23. The largest absolute Gasteiger partial charge is 0.481 e. The number of hydrogen-bond donors (Lipinski definition) is 1. The molecule has 2 nitrogen and oxygen atoms in total. The summed E-state index contributed by atoms with van der Waals surface area (Å²) >= 11 is 5.54. The monoisotopic (exact) mass is 354 g/mol. The van der Waals surface area contributed by atoms with E-state index < -0.39 is 5.97 Å². The predicted molar refractivity (Wildman–Crippen MR) is 62.9 cm³/mol. The third kappa shape index (κ3) is 2.95. The molecule has 0 saturated heterocycles. The van der Waals surface area contributed by atoms with Gasteiger partial charge in [-0.25, -0.2) is 0 Å². The maximum atomic E-state index is 10.5. The van der Waals surface area contributed by atoms with E-state index in [0.29, 0.717) is 0 Å². The van der Waals surface area contributed by atoms with Gasteiger partial charge in [-0.05, 0) is 52.8 Å². The minimum atomic E-state index is -0.805. The van der Waals surface area contributed by atoms with E-state index in [2.05, 4.69) is 38.5 Å². The highest BCUT2D eigenvalue weighted by molar-refractivity contribution is 14.1. The maximum Gasteiger partial charge on any atom is 0.307 e. The van der Waals surface area contributed by atoms with Crippen LogP contribution in [0.15, 0.2) is 16.6 Å². The van der Waals surface area contributed by atoms with Crippen LogP contribution in [0.25, 0.3) is 0 Å². The number of carboxylic acids is 1. The summed E-state index contributed by atoms with van der Waals surface area (Å²) in [6.45, 7) is 2.00. The number of hydrogen-bond acceptors (Lipinski definition) is 1. The Kier molecular flexibility index (Phi) is 3.73. The van der Waals surface area contributed by atoms with Crippen molar-refractivity contribution in [3.63, 3.8) is 0 Å². The number of aliphatic carboxylic acids is 1. The van der Waals surface area contributed by atoms with Crippen LogP contribution in [0.5, 0.6) is 0 Å². The highest BCUT2D eigenvalue weighted by atomic mass is 127. The Morgan fingerprint density at radius 3 is 2.77 bits per heavy atom. The summed E-state index contributed by atoms with van der Waals surface area (Å²) in [5.74, 6) is -0.805. The fourth-order valence-electron chi connectivity index (χ4n) is 0.986. The second-order valence-corrected chi connectivity index (χ2v) is 4.78. The van der Waals surface area contributed by atoms with Crippen LogP contribution in [-0.4, -0.2) is 11.1 Å². The van der Waals surface area contributed by atoms with Gasteiger partial charge < -0.3 is 5.11 Å². The molecule has 0 heterocycles. The Bertz CT molecular complexity index is 350. The maximum absolute atomic E-state index is 10.5. The second kappa shape index (κ2) is 4.41. The van der Waals surface area contributed by atoms with Gasteiger partial charge in [0.1, 0.15) is 0 Å². The van der Waals surface area contributed by atoms with Gasteiger partial charge in [-0.15, -0.1) is 0 Å². The van der Waals surface area contributed by atoms with E-state index in [1.165, 1.54) is 0 Å². The van der Waals surface area contributed by atoms with Crippen molar-refractivity contribution >= 4 is 44.5 Å². The Labute approximate surface area is 98.6 Å². The quantitative estimate of drug-likeness (QED) is 0.829. The zero-order valence-corrected chi connectivity index (χ0v) is 10.7. The predicted octanol–water partition coefficient (Wildman–Crippen LogP) is 2.99. The molecule has 0 aliphatic heterocycles. The lowest BCUT2D eigenvalue weighted by Gasteiger charge is -2.04. The molecular formula is C9H8BrIO2. The number of benzene rings is 1. The zero-order valence-electron chi connectivity index (χ0n) is 6.97. The number of carbonyl (C=O) groups is 1. The first-order valence-electron chi connectivity index (χ1n) is 3.67. The van der Waals surface area contributed by atoms with Gasteiger partial charge in [0, 0.05) is 8.04 Å². The van der Waals surface area contributed by atoms with E-state index in [1.54, 1.807) is 0 Å². The molecule has 70 valence electrons. The smallest absolute Gasteiger partial charge is 0.307 e. The van der Waals surface area contributed by atoms with E-state index in [-0.39, 0.29) is 6.42 Å². The first kappa shape index (κ1) is 11.0. The highest BCUT2D eigenvalue weighted by Gasteiger charge is 2.07. The lowest BCUT2D eigenvalue weighted by molar-refractivity contribution is -0.136. The van der Waals surface area contributed by atoms with E-state index in [1.807, 2.05) is 19.1 Å². The van der Waals surface area contributed by atoms with Gasteiger partial charge in [-0.3, -0.25) is 4.79 Å². The molecule has 1 N–H and O–H groups in total. The average Bonchev–Trinajstić information content (AvgIpc) is 1.99. The Hall–Kier alpha value is -0.100. The number of rotatable bonds is 2. The van der Waals surface area contributed by atoms with Crippen LogP contribution >= 0.6 is 38.5 Å². The standard InChI is InChI=1S/C9H8BrIO2/c1-5-2-7(10)6(3-8(5)11)4-9(12)13/h2-3H,4H2,1H3,(H,12,13). The summed E-state index contributed by atoms with van der Waals surface area (Å²) in [5.41, 5.74) is 1.98. The molecule has 1 aromatic rings. The first-order chi connectivity index (χ1) is 6.00. The van der Waals surface area contributed by atoms with Gasteiger partial charge in [0.15, 0.2) is 0 Å². The van der Waals surface area contributed by atoms with Crippen molar-refractivity contribution < 1.29 is 9.90 Å². The number of aryl methyl sites for hydroxylation is 1. The third-order valence-electron chi connectivity index (χ3n) is 1.67. The summed E-state index contributed by atoms with van der Waals surface area (Å²) in [6, 6.07) is 3.84. The van der Waals surface area contributed by atoms with Gasteiger partial charge in [-0.1, -0.05) is 15.9 Å². The summed E-state index contributed by atoms with van der Waals surface area (Å²) < 4.78 is 1.96. The number of carboxylic acid groups (broad SMARTS) is 1. The molecule has 0 amide bonds. The summed E-state index contributed by atoms with van der Waals surface area (Å²) in [4.78, 5) is 10.5. The van der Waals surface area contributed by atoms with Crippen LogP contribution in [0.1, 0.15) is 11.1 Å². The fraction of sp³-hybridized carbons (Fsp3) is 0.222. The van der Waals surface area contributed by atoms with Gasteiger partial charge in [0.25, 0.3) is 0 Å². The molecule has 4 heteroatoms. The molecule has 0 fully saturated rings. The Morgan fingerprint density at radius 1 is 1.62 bits per heavy atom. The molecule has 0 saturated carbocycles. The molecule has 0 bridgehead atoms. The van der Waals surface area contributed by atoms with E-state index in [4.69, 9.17) is 5.11 Å². The second-order valence-electron chi connectivity index (χ2n) is 2.76. The van der Waals surface area contributed by atoms with Crippen LogP contribution < -0.4 is 0 Å². The van der Waals surface area contributed by atoms with E-state index >= 15 is 0 Å². The van der Waals surface area contributed by atoms with Crippen molar-refractivity contribution in [3.8, 4) is 0 Å². The van der Waals surface area contributed by atoms with Crippen LogP contribution in [0, 0.1) is 10.5 Å². The molecule has 1 rings (SSSR count). The van der Waals surface area contributed by atoms with Gasteiger partial charge in [0.05, 0.1) is 6.42 Å². The van der Waals surface area contributed by atoms with Crippen molar-refractivity contribution in [1.29, 1.82) is 0 Å². The van der Waals surface area contributed by atoms with Crippen molar-refractivity contribution in [2.24, 2.45) is 0 Å². The molecule has 0 radical (unpaired) electrons. The third-order valence-corrected chi connectivity index (χ3v) is 3.57. The lowest BCUT2D eigenvalue weighted by Crippen LogP contribution is -2.01. The summed E-state index contributed by atoms with van der Waals surface area (Å²) in [6.07, 6.45) is 0.0663. The summed E-state index contributed by atoms with van der Waals surface area (Å²) in [7, 11) is 0. The Morgan fingerprint density at radius 2 is 2.23 bits per heavy atom. The van der Waals surface area contributed by atoms with Crippen LogP contribution in [0.3, 0.4) is 0 Å². The first-order valence-corrected chi connectivity index (χ1v) is 5.54. The van der Waals surface area contributed by atoms with E-state index in [0.717, 1.165) is 19.2 Å². The van der Waals surface area contributed by atoms with Crippen LogP contribution in [-0.2, 0) is 11.2 Å². The molecule has 13 heavy (non-hydrogen) atoms. The number of halogens is 2. The minimum Gasteiger partial charge on any atom is -0.481 e. The zero-order chi connectivity index (χ0) is 10.0. The topological polar surface area (TPSA) is 37.3 Å². The van der Waals surface area contributed by atoms with Crippen LogP contribution in [0.4, 0.5) is 0 Å². The van der Waals surface area contributed by atoms with Gasteiger partial charge in [0.2, 0.25) is 0 Å². The van der Waals surface area contributed by atoms with Crippen LogP contribution in [0.2, 0.25) is 0 Å². The SMILES string of the molecule is Cc1cc(Br)c(CC(=O)O)cc1I. The van der Waals surface area contributed by atoms with Gasteiger partial charge in [-0.2, -0.15) is 0 Å². The molecule has 0 aliphatic carbocycles. The molecule has 0 unspecified atom stereocenters. The van der Waals surface area contributed by atoms with Crippen molar-refractivity contribution in [2.45, 2.75) is 13.3 Å². The van der Waals surface area contributed by atoms with Crippen molar-refractivity contribution in [3.05, 3.63) is 31.3 Å². The molecule has 0 aromatic heterocycles. The molecular weight excluding hydrogens is 347 g/mol. The minimum absolute atomic E-state index is 0.0663. The summed E-state index contributed by atoms with van der Waals surface area (Å²) in [5, 5.41) is 8.63. The fourth-order valence-corrected chi connectivity index (χ4v) is 2.12. The van der Waals surface area contributed by atoms with Crippen molar-refractivity contribution in [1.82, 2.24) is 0 Å². The lowest BCUT2D eigenvalue weighted by atomic mass is 10.1. The van der Waals surface area contributed by atoms with Gasteiger partial charge >= 0.3 is 5.97 Å².